The summed E-state index contributed by atoms with van der Waals surface area (Å²) in [4.78, 5) is 25.7. The van der Waals surface area contributed by atoms with Crippen LogP contribution in [0, 0.1) is 0 Å². The molecule has 0 aliphatic carbocycles. The summed E-state index contributed by atoms with van der Waals surface area (Å²) < 4.78 is 0. The van der Waals surface area contributed by atoms with Gasteiger partial charge in [0.25, 0.3) is 5.91 Å². The highest BCUT2D eigenvalue weighted by atomic mass is 35.5. The first-order valence-electron chi connectivity index (χ1n) is 5.75. The third-order valence-corrected chi connectivity index (χ3v) is 4.17. The first kappa shape index (κ1) is 14.1. The Balaban J connectivity index is 2.47. The average molecular weight is 298 g/mol. The average Bonchev–Trinajstić information content (AvgIpc) is 2.49. The summed E-state index contributed by atoms with van der Waals surface area (Å²) in [6, 6.07) is 4.98. The minimum Gasteiger partial charge on any atom is -0.329 e. The first-order valence-corrected chi connectivity index (χ1v) is 6.50. The van der Waals surface area contributed by atoms with Gasteiger partial charge < -0.3 is 4.90 Å². The number of ketones is 1. The molecule has 1 aromatic carbocycles. The Bertz CT molecular complexity index is 605. The van der Waals surface area contributed by atoms with E-state index in [1.54, 1.807) is 45.2 Å². The number of carbonyl (C=O) groups is 2. The van der Waals surface area contributed by atoms with Crippen molar-refractivity contribution in [3.63, 3.8) is 0 Å². The van der Waals surface area contributed by atoms with E-state index in [2.05, 4.69) is 0 Å². The summed E-state index contributed by atoms with van der Waals surface area (Å²) in [5.41, 5.74) is 0.0437. The number of hydrogen-bond donors (Lipinski definition) is 0. The Hall–Kier alpha value is -1.32. The van der Waals surface area contributed by atoms with Crippen LogP contribution in [0.3, 0.4) is 0 Å². The van der Waals surface area contributed by atoms with Crippen molar-refractivity contribution >= 4 is 41.0 Å². The fourth-order valence-electron chi connectivity index (χ4n) is 1.91. The van der Waals surface area contributed by atoms with Gasteiger partial charge in [-0.15, -0.1) is 0 Å². The van der Waals surface area contributed by atoms with Crippen molar-refractivity contribution in [1.82, 2.24) is 4.90 Å². The molecule has 0 atom stereocenters. The van der Waals surface area contributed by atoms with Crippen molar-refractivity contribution in [3.8, 4) is 0 Å². The van der Waals surface area contributed by atoms with Crippen molar-refractivity contribution in [3.05, 3.63) is 39.4 Å². The van der Waals surface area contributed by atoms with E-state index in [0.717, 1.165) is 0 Å². The number of likely N-dealkylation sites (N-methyl/N-ethyl adjacent to an activating group) is 1. The SMILES string of the molecule is CN1C(=O)/C(=C/c2ccc(Cl)c(Cl)c2)C(=O)C1(C)C. The maximum Gasteiger partial charge on any atom is 0.258 e. The molecule has 1 heterocycles. The predicted molar refractivity (Wildman–Crippen MR) is 76.3 cm³/mol. The van der Waals surface area contributed by atoms with Gasteiger partial charge in [0.05, 0.1) is 15.6 Å². The van der Waals surface area contributed by atoms with Gasteiger partial charge in [-0.2, -0.15) is 0 Å². The number of nitrogens with zero attached hydrogens (tertiary/aromatic N) is 1. The minimum absolute atomic E-state index is 0.172. The zero-order chi connectivity index (χ0) is 14.4. The van der Waals surface area contributed by atoms with Crippen LogP contribution in [0.15, 0.2) is 23.8 Å². The zero-order valence-electron chi connectivity index (χ0n) is 10.8. The molecule has 0 unspecified atom stereocenters. The summed E-state index contributed by atoms with van der Waals surface area (Å²) in [7, 11) is 1.62. The molecule has 0 bridgehead atoms. The van der Waals surface area contributed by atoms with Crippen LogP contribution in [-0.2, 0) is 9.59 Å². The minimum atomic E-state index is -0.806. The summed E-state index contributed by atoms with van der Waals surface area (Å²) in [6.07, 6.45) is 1.55. The maximum absolute atomic E-state index is 12.2. The number of halogens is 2. The molecule has 0 spiro atoms. The molecule has 1 aliphatic heterocycles. The van der Waals surface area contributed by atoms with E-state index in [4.69, 9.17) is 23.2 Å². The zero-order valence-corrected chi connectivity index (χ0v) is 12.3. The van der Waals surface area contributed by atoms with E-state index < -0.39 is 5.54 Å². The highest BCUT2D eigenvalue weighted by molar-refractivity contribution is 6.42. The van der Waals surface area contributed by atoms with Crippen LogP contribution >= 0.6 is 23.2 Å². The smallest absolute Gasteiger partial charge is 0.258 e. The van der Waals surface area contributed by atoms with E-state index in [0.29, 0.717) is 15.6 Å². The Labute approximate surface area is 121 Å². The molecule has 3 nitrogen and oxygen atoms in total. The second kappa shape index (κ2) is 4.66. The maximum atomic E-state index is 12.2. The van der Waals surface area contributed by atoms with Gasteiger partial charge in [-0.05, 0) is 37.6 Å². The first-order chi connectivity index (χ1) is 8.75. The van der Waals surface area contributed by atoms with Crippen molar-refractivity contribution in [2.24, 2.45) is 0 Å². The van der Waals surface area contributed by atoms with E-state index in [-0.39, 0.29) is 17.3 Å². The molecule has 0 aromatic heterocycles. The molecule has 1 aromatic rings. The van der Waals surface area contributed by atoms with Gasteiger partial charge in [-0.1, -0.05) is 29.3 Å². The lowest BCUT2D eigenvalue weighted by Crippen LogP contribution is -2.41. The summed E-state index contributed by atoms with van der Waals surface area (Å²) in [5, 5.41) is 0.826. The van der Waals surface area contributed by atoms with Crippen LogP contribution in [0.25, 0.3) is 6.08 Å². The third-order valence-electron chi connectivity index (χ3n) is 3.43. The van der Waals surface area contributed by atoms with Crippen LogP contribution in [0.5, 0.6) is 0 Å². The molecule has 2 rings (SSSR count). The van der Waals surface area contributed by atoms with Crippen molar-refractivity contribution in [1.29, 1.82) is 0 Å². The van der Waals surface area contributed by atoms with Crippen LogP contribution < -0.4 is 0 Å². The van der Waals surface area contributed by atoms with Crippen LogP contribution in [-0.4, -0.2) is 29.2 Å². The molecule has 19 heavy (non-hydrogen) atoms. The number of benzene rings is 1. The number of hydrogen-bond acceptors (Lipinski definition) is 2. The van der Waals surface area contributed by atoms with Gasteiger partial charge in [0, 0.05) is 7.05 Å². The van der Waals surface area contributed by atoms with Gasteiger partial charge in [-0.25, -0.2) is 0 Å². The largest absolute Gasteiger partial charge is 0.329 e. The standard InChI is InChI=1S/C14H13Cl2NO2/c1-14(2)12(18)9(13(19)17(14)3)6-8-4-5-10(15)11(16)7-8/h4-7H,1-3H3/b9-6+. The summed E-state index contributed by atoms with van der Waals surface area (Å²) in [5.74, 6) is -0.466. The van der Waals surface area contributed by atoms with Gasteiger partial charge in [0.1, 0.15) is 5.54 Å². The Morgan fingerprint density at radius 2 is 1.79 bits per heavy atom. The fraction of sp³-hybridized carbons (Fsp3) is 0.286. The number of amides is 1. The van der Waals surface area contributed by atoms with Crippen LogP contribution in [0.2, 0.25) is 10.0 Å². The summed E-state index contributed by atoms with van der Waals surface area (Å²) in [6.45, 7) is 3.45. The molecule has 1 saturated heterocycles. The molecule has 0 N–H and O–H groups in total. The van der Waals surface area contributed by atoms with Crippen molar-refractivity contribution in [2.75, 3.05) is 7.05 Å². The second-order valence-corrected chi connectivity index (χ2v) is 5.80. The highest BCUT2D eigenvalue weighted by Crippen LogP contribution is 2.30. The number of likely N-dealkylation sites (tertiary alicyclic amines) is 1. The van der Waals surface area contributed by atoms with E-state index in [1.165, 1.54) is 4.90 Å². The Morgan fingerprint density at radius 3 is 2.26 bits per heavy atom. The molecular formula is C14H13Cl2NO2. The van der Waals surface area contributed by atoms with Crippen molar-refractivity contribution < 1.29 is 9.59 Å². The monoisotopic (exact) mass is 297 g/mol. The lowest BCUT2D eigenvalue weighted by Gasteiger charge is -2.24. The second-order valence-electron chi connectivity index (χ2n) is 4.98. The highest BCUT2D eigenvalue weighted by Gasteiger charge is 2.47. The molecular weight excluding hydrogens is 285 g/mol. The fourth-order valence-corrected chi connectivity index (χ4v) is 2.22. The van der Waals surface area contributed by atoms with Crippen molar-refractivity contribution in [2.45, 2.75) is 19.4 Å². The predicted octanol–water partition coefficient (Wildman–Crippen LogP) is 3.20. The Kier molecular flexibility index (Phi) is 3.45. The molecule has 0 saturated carbocycles. The van der Waals surface area contributed by atoms with Gasteiger partial charge in [-0.3, -0.25) is 9.59 Å². The lowest BCUT2D eigenvalue weighted by molar-refractivity contribution is -0.128. The lowest BCUT2D eigenvalue weighted by atomic mass is 9.97. The normalized spacial score (nSPS) is 20.5. The number of Topliss-reactive ketones (excluding diaryl/α,β-unsaturated/α-hetero) is 1. The topological polar surface area (TPSA) is 37.4 Å². The molecule has 1 aliphatic rings. The molecule has 1 fully saturated rings. The van der Waals surface area contributed by atoms with E-state index in [9.17, 15) is 9.59 Å². The van der Waals surface area contributed by atoms with Gasteiger partial charge in [0.2, 0.25) is 0 Å². The number of carbonyl (C=O) groups excluding carboxylic acids is 2. The summed E-state index contributed by atoms with van der Waals surface area (Å²) >= 11 is 11.7. The molecule has 0 radical (unpaired) electrons. The van der Waals surface area contributed by atoms with E-state index >= 15 is 0 Å². The third kappa shape index (κ3) is 2.28. The van der Waals surface area contributed by atoms with E-state index in [1.807, 2.05) is 0 Å². The molecule has 5 heteroatoms. The Morgan fingerprint density at radius 1 is 1.16 bits per heavy atom. The van der Waals surface area contributed by atoms with Crippen LogP contribution in [0.1, 0.15) is 19.4 Å². The van der Waals surface area contributed by atoms with Crippen LogP contribution in [0.4, 0.5) is 0 Å². The molecule has 1 amide bonds. The number of rotatable bonds is 1. The van der Waals surface area contributed by atoms with Gasteiger partial charge in [0.15, 0.2) is 5.78 Å². The quantitative estimate of drug-likeness (QED) is 0.590. The molecule has 100 valence electrons. The van der Waals surface area contributed by atoms with Gasteiger partial charge >= 0.3 is 0 Å².